The number of carbonyl (C=O) groups excluding carboxylic acids is 1. The van der Waals surface area contributed by atoms with Crippen LogP contribution in [0.5, 0.6) is 0 Å². The van der Waals surface area contributed by atoms with Crippen molar-refractivity contribution >= 4 is 22.8 Å². The molecule has 0 atom stereocenters. The molecule has 0 saturated carbocycles. The molecule has 1 rings (SSSR count). The van der Waals surface area contributed by atoms with E-state index in [0.29, 0.717) is 12.3 Å². The van der Waals surface area contributed by atoms with Crippen molar-refractivity contribution in [3.05, 3.63) is 0 Å². The standard InChI is InChI=1S/C11H20N2OS/c1-8(2)7-12-11-13(9(3)4)10(14)5-6-15-11/h8-9H,5-7H2,1-4H3/b12-11-. The lowest BCUT2D eigenvalue weighted by Crippen LogP contribution is -2.43. The van der Waals surface area contributed by atoms with E-state index in [9.17, 15) is 4.79 Å². The van der Waals surface area contributed by atoms with Crippen LogP contribution in [0.25, 0.3) is 0 Å². The van der Waals surface area contributed by atoms with Gasteiger partial charge in [0.1, 0.15) is 0 Å². The van der Waals surface area contributed by atoms with E-state index in [1.54, 1.807) is 11.8 Å². The fourth-order valence-corrected chi connectivity index (χ4v) is 2.49. The van der Waals surface area contributed by atoms with Gasteiger partial charge in [0.25, 0.3) is 0 Å². The summed E-state index contributed by atoms with van der Waals surface area (Å²) in [5, 5.41) is 0.912. The maximum absolute atomic E-state index is 11.7. The van der Waals surface area contributed by atoms with Gasteiger partial charge in [0.15, 0.2) is 5.17 Å². The number of amidine groups is 1. The number of aliphatic imine (C=N–C) groups is 1. The summed E-state index contributed by atoms with van der Waals surface area (Å²) in [6, 6.07) is 0.219. The van der Waals surface area contributed by atoms with Gasteiger partial charge < -0.3 is 0 Å². The van der Waals surface area contributed by atoms with Crippen molar-refractivity contribution in [1.82, 2.24) is 4.90 Å². The molecule has 1 aliphatic rings. The van der Waals surface area contributed by atoms with E-state index in [4.69, 9.17) is 0 Å². The van der Waals surface area contributed by atoms with Crippen LogP contribution in [0, 0.1) is 5.92 Å². The molecule has 0 aromatic carbocycles. The number of amides is 1. The zero-order valence-electron chi connectivity index (χ0n) is 9.99. The molecule has 0 aliphatic carbocycles. The molecule has 15 heavy (non-hydrogen) atoms. The Morgan fingerprint density at radius 3 is 2.60 bits per heavy atom. The van der Waals surface area contributed by atoms with Crippen molar-refractivity contribution in [2.24, 2.45) is 10.9 Å². The van der Waals surface area contributed by atoms with Gasteiger partial charge in [-0.2, -0.15) is 0 Å². The highest BCUT2D eigenvalue weighted by Gasteiger charge is 2.26. The van der Waals surface area contributed by atoms with Crippen LogP contribution in [-0.4, -0.2) is 34.3 Å². The summed E-state index contributed by atoms with van der Waals surface area (Å²) in [5.74, 6) is 1.63. The molecule has 0 unspecified atom stereocenters. The first kappa shape index (κ1) is 12.6. The third kappa shape index (κ3) is 3.52. The second-order valence-electron chi connectivity index (χ2n) is 4.47. The van der Waals surface area contributed by atoms with E-state index in [1.807, 2.05) is 18.7 Å². The maximum Gasteiger partial charge on any atom is 0.229 e. The smallest absolute Gasteiger partial charge is 0.229 e. The predicted octanol–water partition coefficient (Wildman–Crippen LogP) is 2.37. The molecule has 1 fully saturated rings. The third-order valence-electron chi connectivity index (χ3n) is 2.13. The molecule has 0 spiro atoms. The molecule has 4 heteroatoms. The Labute approximate surface area is 96.3 Å². The first-order valence-corrected chi connectivity index (χ1v) is 6.50. The summed E-state index contributed by atoms with van der Waals surface area (Å²) >= 11 is 1.70. The zero-order chi connectivity index (χ0) is 11.4. The highest BCUT2D eigenvalue weighted by atomic mass is 32.2. The summed E-state index contributed by atoms with van der Waals surface area (Å²) in [7, 11) is 0. The lowest BCUT2D eigenvalue weighted by atomic mass is 10.2. The Morgan fingerprint density at radius 1 is 1.40 bits per heavy atom. The van der Waals surface area contributed by atoms with Crippen LogP contribution in [0.4, 0.5) is 0 Å². The monoisotopic (exact) mass is 228 g/mol. The van der Waals surface area contributed by atoms with Crippen LogP contribution >= 0.6 is 11.8 Å². The second-order valence-corrected chi connectivity index (χ2v) is 5.54. The Hall–Kier alpha value is -0.510. The molecule has 0 aromatic heterocycles. The molecular weight excluding hydrogens is 208 g/mol. The van der Waals surface area contributed by atoms with Crippen molar-refractivity contribution in [1.29, 1.82) is 0 Å². The van der Waals surface area contributed by atoms with Crippen molar-refractivity contribution in [3.8, 4) is 0 Å². The average Bonchev–Trinajstić information content (AvgIpc) is 2.13. The molecule has 0 aromatic rings. The van der Waals surface area contributed by atoms with E-state index >= 15 is 0 Å². The fraction of sp³-hybridized carbons (Fsp3) is 0.818. The van der Waals surface area contributed by atoms with Gasteiger partial charge in [0.05, 0.1) is 0 Å². The highest BCUT2D eigenvalue weighted by molar-refractivity contribution is 8.13. The van der Waals surface area contributed by atoms with E-state index < -0.39 is 0 Å². The quantitative estimate of drug-likeness (QED) is 0.743. The van der Waals surface area contributed by atoms with E-state index in [0.717, 1.165) is 17.5 Å². The summed E-state index contributed by atoms with van der Waals surface area (Å²) in [6.45, 7) is 9.15. The summed E-state index contributed by atoms with van der Waals surface area (Å²) in [4.78, 5) is 18.1. The van der Waals surface area contributed by atoms with Crippen LogP contribution in [-0.2, 0) is 4.79 Å². The van der Waals surface area contributed by atoms with Crippen molar-refractivity contribution in [2.75, 3.05) is 12.3 Å². The van der Waals surface area contributed by atoms with Crippen LogP contribution in [0.3, 0.4) is 0 Å². The van der Waals surface area contributed by atoms with Gasteiger partial charge >= 0.3 is 0 Å². The highest BCUT2D eigenvalue weighted by Crippen LogP contribution is 2.21. The van der Waals surface area contributed by atoms with Gasteiger partial charge in [0.2, 0.25) is 5.91 Å². The van der Waals surface area contributed by atoms with Gasteiger partial charge in [-0.05, 0) is 19.8 Å². The van der Waals surface area contributed by atoms with Crippen molar-refractivity contribution < 1.29 is 4.79 Å². The van der Waals surface area contributed by atoms with Gasteiger partial charge in [-0.3, -0.25) is 14.7 Å². The van der Waals surface area contributed by atoms with E-state index in [-0.39, 0.29) is 11.9 Å². The number of nitrogens with zero attached hydrogens (tertiary/aromatic N) is 2. The number of rotatable bonds is 3. The topological polar surface area (TPSA) is 32.7 Å². The molecule has 0 bridgehead atoms. The Bertz CT molecular complexity index is 261. The number of hydrogen-bond acceptors (Lipinski definition) is 3. The third-order valence-corrected chi connectivity index (χ3v) is 3.12. The second kappa shape index (κ2) is 5.54. The molecule has 3 nitrogen and oxygen atoms in total. The average molecular weight is 228 g/mol. The van der Waals surface area contributed by atoms with Crippen LogP contribution in [0.2, 0.25) is 0 Å². The molecular formula is C11H20N2OS. The minimum atomic E-state index is 0.214. The van der Waals surface area contributed by atoms with Gasteiger partial charge in [-0.1, -0.05) is 25.6 Å². The molecule has 0 N–H and O–H groups in total. The lowest BCUT2D eigenvalue weighted by molar-refractivity contribution is -0.128. The maximum atomic E-state index is 11.7. The van der Waals surface area contributed by atoms with Gasteiger partial charge in [-0.15, -0.1) is 0 Å². The molecule has 1 heterocycles. The van der Waals surface area contributed by atoms with Gasteiger partial charge in [0, 0.05) is 24.8 Å². The van der Waals surface area contributed by atoms with Crippen LogP contribution in [0.1, 0.15) is 34.1 Å². The normalized spacial score (nSPS) is 20.8. The van der Waals surface area contributed by atoms with Gasteiger partial charge in [-0.25, -0.2) is 0 Å². The van der Waals surface area contributed by atoms with Crippen molar-refractivity contribution in [3.63, 3.8) is 0 Å². The molecule has 1 amide bonds. The Kier molecular flexibility index (Phi) is 4.64. The summed E-state index contributed by atoms with van der Waals surface area (Å²) < 4.78 is 0. The van der Waals surface area contributed by atoms with E-state index in [1.165, 1.54) is 0 Å². The zero-order valence-corrected chi connectivity index (χ0v) is 10.8. The van der Waals surface area contributed by atoms with Crippen LogP contribution < -0.4 is 0 Å². The van der Waals surface area contributed by atoms with Crippen LogP contribution in [0.15, 0.2) is 4.99 Å². The number of thioether (sulfide) groups is 1. The van der Waals surface area contributed by atoms with E-state index in [2.05, 4.69) is 18.8 Å². The molecule has 0 radical (unpaired) electrons. The molecule has 86 valence electrons. The Morgan fingerprint density at radius 2 is 2.07 bits per heavy atom. The largest absolute Gasteiger partial charge is 0.289 e. The summed E-state index contributed by atoms with van der Waals surface area (Å²) in [5.41, 5.74) is 0. The minimum absolute atomic E-state index is 0.214. The number of hydrogen-bond donors (Lipinski definition) is 0. The first-order chi connectivity index (χ1) is 7.02. The fourth-order valence-electron chi connectivity index (χ4n) is 1.42. The summed E-state index contributed by atoms with van der Waals surface area (Å²) in [6.07, 6.45) is 0.642. The number of carbonyl (C=O) groups is 1. The Balaban J connectivity index is 2.75. The first-order valence-electron chi connectivity index (χ1n) is 5.51. The lowest BCUT2D eigenvalue weighted by Gasteiger charge is -2.31. The minimum Gasteiger partial charge on any atom is -0.289 e. The predicted molar refractivity (Wildman–Crippen MR) is 66.2 cm³/mol. The van der Waals surface area contributed by atoms with Crippen molar-refractivity contribution in [2.45, 2.75) is 40.2 Å². The molecule has 1 aliphatic heterocycles. The molecule has 1 saturated heterocycles. The SMILES string of the molecule is CC(C)C/N=C1\SCCC(=O)N1C(C)C.